The van der Waals surface area contributed by atoms with Gasteiger partial charge in [0.05, 0.1) is 0 Å². The molecular weight excluding hydrogens is 211 g/mol. The lowest BCUT2D eigenvalue weighted by Gasteiger charge is -2.37. The number of benzene rings is 1. The van der Waals surface area contributed by atoms with Crippen molar-refractivity contribution in [2.24, 2.45) is 0 Å². The third-order valence-corrected chi connectivity index (χ3v) is 4.33. The summed E-state index contributed by atoms with van der Waals surface area (Å²) in [5.41, 5.74) is 3.17. The number of hydrogen-bond donors (Lipinski definition) is 2. The molecular formula is C14H17BO2. The van der Waals surface area contributed by atoms with Crippen molar-refractivity contribution in [3.8, 4) is 0 Å². The Labute approximate surface area is 102 Å². The van der Waals surface area contributed by atoms with Crippen molar-refractivity contribution in [2.75, 3.05) is 0 Å². The molecule has 1 spiro atoms. The van der Waals surface area contributed by atoms with Crippen LogP contribution in [0.3, 0.4) is 0 Å². The Morgan fingerprint density at radius 3 is 2.41 bits per heavy atom. The minimum absolute atomic E-state index is 0.0942. The molecule has 0 bridgehead atoms. The van der Waals surface area contributed by atoms with Crippen molar-refractivity contribution in [1.82, 2.24) is 0 Å². The summed E-state index contributed by atoms with van der Waals surface area (Å²) in [6.07, 6.45) is 7.70. The lowest BCUT2D eigenvalue weighted by atomic mass is 9.57. The first kappa shape index (κ1) is 11.1. The standard InChI is InChI=1S/C14H17BO2/c16-15(17)13-10-11-6-2-3-7-12(11)14(13)8-4-1-5-9-14/h2-3,6-7,10,16-17H,1,4-5,8-9H2. The molecule has 1 aromatic rings. The predicted octanol–water partition coefficient (Wildman–Crippen LogP) is 2.30. The summed E-state index contributed by atoms with van der Waals surface area (Å²) in [5, 5.41) is 19.3. The fourth-order valence-corrected chi connectivity index (χ4v) is 3.55. The summed E-state index contributed by atoms with van der Waals surface area (Å²) >= 11 is 0. The first-order valence-electron chi connectivity index (χ1n) is 6.42. The van der Waals surface area contributed by atoms with Crippen molar-refractivity contribution < 1.29 is 10.0 Å². The summed E-state index contributed by atoms with van der Waals surface area (Å²) < 4.78 is 0. The predicted molar refractivity (Wildman–Crippen MR) is 69.4 cm³/mol. The molecule has 0 saturated heterocycles. The topological polar surface area (TPSA) is 40.5 Å². The molecule has 0 aromatic heterocycles. The fraction of sp³-hybridized carbons (Fsp3) is 0.429. The van der Waals surface area contributed by atoms with Crippen LogP contribution in [0.15, 0.2) is 29.7 Å². The van der Waals surface area contributed by atoms with Gasteiger partial charge in [-0.15, -0.1) is 0 Å². The zero-order valence-electron chi connectivity index (χ0n) is 9.89. The maximum Gasteiger partial charge on any atom is 0.485 e. The average molecular weight is 228 g/mol. The van der Waals surface area contributed by atoms with Crippen LogP contribution in [0.2, 0.25) is 0 Å². The summed E-state index contributed by atoms with van der Waals surface area (Å²) in [6, 6.07) is 8.28. The zero-order valence-corrected chi connectivity index (χ0v) is 9.89. The Morgan fingerprint density at radius 2 is 1.71 bits per heavy atom. The van der Waals surface area contributed by atoms with Crippen molar-refractivity contribution in [3.05, 3.63) is 40.9 Å². The van der Waals surface area contributed by atoms with E-state index in [2.05, 4.69) is 18.2 Å². The highest BCUT2D eigenvalue weighted by atomic mass is 16.4. The molecule has 0 radical (unpaired) electrons. The zero-order chi connectivity index (χ0) is 11.9. The van der Waals surface area contributed by atoms with Gasteiger partial charge in [0.1, 0.15) is 0 Å². The molecule has 0 amide bonds. The third-order valence-electron chi connectivity index (χ3n) is 4.33. The van der Waals surface area contributed by atoms with Gasteiger partial charge in [0.15, 0.2) is 0 Å². The molecule has 1 fully saturated rings. The third kappa shape index (κ3) is 1.57. The average Bonchev–Trinajstić information content (AvgIpc) is 2.66. The van der Waals surface area contributed by atoms with E-state index < -0.39 is 7.12 Å². The van der Waals surface area contributed by atoms with Gasteiger partial charge in [-0.2, -0.15) is 0 Å². The van der Waals surface area contributed by atoms with Gasteiger partial charge in [-0.25, -0.2) is 0 Å². The molecule has 0 unspecified atom stereocenters. The van der Waals surface area contributed by atoms with E-state index >= 15 is 0 Å². The largest absolute Gasteiger partial charge is 0.485 e. The molecule has 2 nitrogen and oxygen atoms in total. The van der Waals surface area contributed by atoms with Crippen molar-refractivity contribution >= 4 is 13.2 Å². The fourth-order valence-electron chi connectivity index (χ4n) is 3.55. The Kier molecular flexibility index (Phi) is 2.60. The van der Waals surface area contributed by atoms with E-state index in [0.717, 1.165) is 23.9 Å². The second kappa shape index (κ2) is 4.00. The van der Waals surface area contributed by atoms with Gasteiger partial charge < -0.3 is 10.0 Å². The van der Waals surface area contributed by atoms with Crippen LogP contribution in [-0.4, -0.2) is 17.2 Å². The normalized spacial score (nSPS) is 21.2. The molecule has 0 heterocycles. The smallest absolute Gasteiger partial charge is 0.423 e. The number of fused-ring (bicyclic) bond motifs is 2. The summed E-state index contributed by atoms with van der Waals surface area (Å²) in [4.78, 5) is 0. The van der Waals surface area contributed by atoms with Crippen LogP contribution >= 0.6 is 0 Å². The molecule has 2 N–H and O–H groups in total. The Morgan fingerprint density at radius 1 is 1.00 bits per heavy atom. The Hall–Kier alpha value is -1.06. The lowest BCUT2D eigenvalue weighted by molar-refractivity contribution is 0.333. The van der Waals surface area contributed by atoms with E-state index in [9.17, 15) is 10.0 Å². The van der Waals surface area contributed by atoms with Crippen LogP contribution in [0, 0.1) is 0 Å². The highest BCUT2D eigenvalue weighted by molar-refractivity contribution is 6.53. The Bertz CT molecular complexity index is 459. The maximum atomic E-state index is 9.63. The molecule has 3 rings (SSSR count). The molecule has 88 valence electrons. The van der Waals surface area contributed by atoms with Crippen LogP contribution < -0.4 is 0 Å². The molecule has 1 aromatic carbocycles. The van der Waals surface area contributed by atoms with E-state index in [1.807, 2.05) is 12.1 Å². The van der Waals surface area contributed by atoms with Gasteiger partial charge in [-0.05, 0) is 29.4 Å². The minimum atomic E-state index is -1.32. The van der Waals surface area contributed by atoms with E-state index in [1.165, 1.54) is 24.8 Å². The van der Waals surface area contributed by atoms with Gasteiger partial charge in [0.25, 0.3) is 0 Å². The Balaban J connectivity index is 2.13. The number of hydrogen-bond acceptors (Lipinski definition) is 2. The lowest BCUT2D eigenvalue weighted by Crippen LogP contribution is -2.36. The van der Waals surface area contributed by atoms with Crippen LogP contribution in [0.25, 0.3) is 6.08 Å². The van der Waals surface area contributed by atoms with Crippen molar-refractivity contribution in [3.63, 3.8) is 0 Å². The van der Waals surface area contributed by atoms with Gasteiger partial charge in [0, 0.05) is 5.41 Å². The van der Waals surface area contributed by atoms with E-state index in [-0.39, 0.29) is 5.41 Å². The van der Waals surface area contributed by atoms with Crippen molar-refractivity contribution in [2.45, 2.75) is 37.5 Å². The molecule has 17 heavy (non-hydrogen) atoms. The molecule has 2 aliphatic rings. The van der Waals surface area contributed by atoms with E-state index in [1.54, 1.807) is 0 Å². The minimum Gasteiger partial charge on any atom is -0.423 e. The van der Waals surface area contributed by atoms with Crippen LogP contribution in [-0.2, 0) is 5.41 Å². The number of allylic oxidation sites excluding steroid dienone is 1. The molecule has 0 atom stereocenters. The second-order valence-corrected chi connectivity index (χ2v) is 5.20. The quantitative estimate of drug-likeness (QED) is 0.724. The molecule has 3 heteroatoms. The van der Waals surface area contributed by atoms with Crippen LogP contribution in [0.4, 0.5) is 0 Å². The highest BCUT2D eigenvalue weighted by Crippen LogP contribution is 2.51. The van der Waals surface area contributed by atoms with Gasteiger partial charge in [-0.3, -0.25) is 0 Å². The second-order valence-electron chi connectivity index (χ2n) is 5.20. The number of rotatable bonds is 1. The monoisotopic (exact) mass is 228 g/mol. The first-order valence-corrected chi connectivity index (χ1v) is 6.42. The molecule has 2 aliphatic carbocycles. The van der Waals surface area contributed by atoms with Crippen molar-refractivity contribution in [1.29, 1.82) is 0 Å². The highest BCUT2D eigenvalue weighted by Gasteiger charge is 2.45. The SMILES string of the molecule is OB(O)C1=Cc2ccccc2C12CCCCC2. The van der Waals surface area contributed by atoms with E-state index in [4.69, 9.17) is 0 Å². The molecule has 1 saturated carbocycles. The maximum absolute atomic E-state index is 9.63. The van der Waals surface area contributed by atoms with Gasteiger partial charge >= 0.3 is 7.12 Å². The summed E-state index contributed by atoms with van der Waals surface area (Å²) in [5.74, 6) is 0. The first-order chi connectivity index (χ1) is 8.24. The van der Waals surface area contributed by atoms with Gasteiger partial charge in [-0.1, -0.05) is 49.6 Å². The van der Waals surface area contributed by atoms with Gasteiger partial charge in [0.2, 0.25) is 0 Å². The summed E-state index contributed by atoms with van der Waals surface area (Å²) in [6.45, 7) is 0. The van der Waals surface area contributed by atoms with Crippen LogP contribution in [0.1, 0.15) is 43.2 Å². The molecule has 0 aliphatic heterocycles. The summed E-state index contributed by atoms with van der Waals surface area (Å²) in [7, 11) is -1.32. The van der Waals surface area contributed by atoms with Crippen LogP contribution in [0.5, 0.6) is 0 Å². The van der Waals surface area contributed by atoms with E-state index in [0.29, 0.717) is 0 Å².